The van der Waals surface area contributed by atoms with Crippen LogP contribution in [0.5, 0.6) is 0 Å². The van der Waals surface area contributed by atoms with Crippen molar-refractivity contribution in [2.45, 2.75) is 18.8 Å². The van der Waals surface area contributed by atoms with Gasteiger partial charge < -0.3 is 15.0 Å². The summed E-state index contributed by atoms with van der Waals surface area (Å²) in [7, 11) is 0. The number of rotatable bonds is 1. The Bertz CT molecular complexity index is 615. The molecule has 1 fully saturated rings. The molecule has 1 amide bonds. The monoisotopic (exact) mass is 262 g/mol. The van der Waals surface area contributed by atoms with Crippen molar-refractivity contribution < 1.29 is 14.3 Å². The van der Waals surface area contributed by atoms with Crippen molar-refractivity contribution in [3.63, 3.8) is 0 Å². The molecule has 0 bridgehead atoms. The lowest BCUT2D eigenvalue weighted by molar-refractivity contribution is 0.132. The number of halogens is 1. The normalized spacial score (nSPS) is 17.0. The molecular formula is C14H15FN2O2. The van der Waals surface area contributed by atoms with Crippen LogP contribution in [0.3, 0.4) is 0 Å². The Balaban J connectivity index is 1.84. The highest BCUT2D eigenvalue weighted by Crippen LogP contribution is 2.33. The maximum Gasteiger partial charge on any atom is 0.407 e. The molecule has 0 aliphatic carbocycles. The predicted molar refractivity (Wildman–Crippen MR) is 69.8 cm³/mol. The summed E-state index contributed by atoms with van der Waals surface area (Å²) in [6.07, 6.45) is 2.71. The first kappa shape index (κ1) is 12.0. The quantitative estimate of drug-likeness (QED) is 0.829. The van der Waals surface area contributed by atoms with Crippen molar-refractivity contribution in [2.75, 3.05) is 13.1 Å². The van der Waals surface area contributed by atoms with Crippen molar-refractivity contribution in [3.05, 3.63) is 35.8 Å². The average molecular weight is 262 g/mol. The largest absolute Gasteiger partial charge is 0.465 e. The minimum Gasteiger partial charge on any atom is -0.465 e. The van der Waals surface area contributed by atoms with E-state index in [-0.39, 0.29) is 5.82 Å². The number of aromatic amines is 1. The van der Waals surface area contributed by atoms with Crippen molar-refractivity contribution >= 4 is 17.0 Å². The molecule has 5 heteroatoms. The van der Waals surface area contributed by atoms with Crippen LogP contribution in [0.4, 0.5) is 9.18 Å². The van der Waals surface area contributed by atoms with E-state index in [1.807, 2.05) is 6.20 Å². The molecule has 1 saturated heterocycles. The van der Waals surface area contributed by atoms with Crippen molar-refractivity contribution in [1.29, 1.82) is 0 Å². The van der Waals surface area contributed by atoms with Gasteiger partial charge in [-0.2, -0.15) is 0 Å². The smallest absolute Gasteiger partial charge is 0.407 e. The summed E-state index contributed by atoms with van der Waals surface area (Å²) in [4.78, 5) is 15.4. The highest BCUT2D eigenvalue weighted by atomic mass is 19.1. The van der Waals surface area contributed by atoms with Gasteiger partial charge >= 0.3 is 6.09 Å². The summed E-state index contributed by atoms with van der Waals surface area (Å²) in [5, 5.41) is 9.97. The minimum absolute atomic E-state index is 0.249. The zero-order chi connectivity index (χ0) is 13.4. The fraction of sp³-hybridized carbons (Fsp3) is 0.357. The maximum atomic E-state index is 13.1. The number of H-pyrrole nitrogens is 1. The van der Waals surface area contributed by atoms with Crippen LogP contribution in [0.15, 0.2) is 24.4 Å². The van der Waals surface area contributed by atoms with Crippen LogP contribution in [-0.4, -0.2) is 34.2 Å². The number of fused-ring (bicyclic) bond motifs is 1. The Morgan fingerprint density at radius 2 is 2.11 bits per heavy atom. The first-order valence-electron chi connectivity index (χ1n) is 6.39. The number of carbonyl (C=O) groups is 1. The van der Waals surface area contributed by atoms with E-state index in [0.717, 1.165) is 23.7 Å². The Morgan fingerprint density at radius 3 is 2.79 bits per heavy atom. The van der Waals surface area contributed by atoms with Gasteiger partial charge in [-0.1, -0.05) is 0 Å². The summed E-state index contributed by atoms with van der Waals surface area (Å²) in [5.41, 5.74) is 1.97. The molecule has 100 valence electrons. The molecule has 4 nitrogen and oxygen atoms in total. The number of amides is 1. The standard InChI is InChI=1S/C14H15FN2O2/c15-10-1-2-11-12(8-16-13(11)7-10)9-3-5-17(6-4-9)14(18)19/h1-2,7-9,16H,3-6H2,(H,18,19). The number of benzene rings is 1. The molecule has 2 N–H and O–H groups in total. The molecule has 1 aromatic carbocycles. The maximum absolute atomic E-state index is 13.1. The van der Waals surface area contributed by atoms with Gasteiger partial charge in [-0.25, -0.2) is 9.18 Å². The molecule has 3 rings (SSSR count). The second-order valence-electron chi connectivity index (χ2n) is 4.98. The lowest BCUT2D eigenvalue weighted by Gasteiger charge is -2.29. The first-order chi connectivity index (χ1) is 9.15. The van der Waals surface area contributed by atoms with Gasteiger partial charge in [0.15, 0.2) is 0 Å². The average Bonchev–Trinajstić information content (AvgIpc) is 2.81. The Labute approximate surface area is 109 Å². The van der Waals surface area contributed by atoms with Gasteiger partial charge in [-0.05, 0) is 42.5 Å². The second-order valence-corrected chi connectivity index (χ2v) is 4.98. The van der Waals surface area contributed by atoms with E-state index < -0.39 is 6.09 Å². The van der Waals surface area contributed by atoms with Crippen LogP contribution in [0.2, 0.25) is 0 Å². The van der Waals surface area contributed by atoms with E-state index in [1.54, 1.807) is 6.07 Å². The predicted octanol–water partition coefficient (Wildman–Crippen LogP) is 3.16. The van der Waals surface area contributed by atoms with Gasteiger partial charge in [0.2, 0.25) is 0 Å². The summed E-state index contributed by atoms with van der Waals surface area (Å²) in [6, 6.07) is 4.75. The van der Waals surface area contributed by atoms with Gasteiger partial charge in [-0.3, -0.25) is 0 Å². The molecule has 2 aromatic rings. The third-order valence-corrected chi connectivity index (χ3v) is 3.88. The van der Waals surface area contributed by atoms with E-state index >= 15 is 0 Å². The van der Waals surface area contributed by atoms with E-state index in [1.165, 1.54) is 22.6 Å². The van der Waals surface area contributed by atoms with E-state index in [9.17, 15) is 9.18 Å². The summed E-state index contributed by atoms with van der Waals surface area (Å²) < 4.78 is 13.1. The molecule has 1 aliphatic heterocycles. The number of nitrogens with one attached hydrogen (secondary N) is 1. The second kappa shape index (κ2) is 4.57. The van der Waals surface area contributed by atoms with Crippen LogP contribution >= 0.6 is 0 Å². The summed E-state index contributed by atoms with van der Waals surface area (Å²) in [5.74, 6) is 0.0939. The molecule has 0 atom stereocenters. The zero-order valence-corrected chi connectivity index (χ0v) is 10.4. The SMILES string of the molecule is O=C(O)N1CCC(c2c[nH]c3cc(F)ccc23)CC1. The lowest BCUT2D eigenvalue weighted by atomic mass is 9.89. The molecule has 0 radical (unpaired) electrons. The van der Waals surface area contributed by atoms with Crippen LogP contribution in [0.1, 0.15) is 24.3 Å². The third kappa shape index (κ3) is 2.16. The fourth-order valence-corrected chi connectivity index (χ4v) is 2.84. The van der Waals surface area contributed by atoms with Crippen LogP contribution in [0.25, 0.3) is 10.9 Å². The number of aromatic nitrogens is 1. The highest BCUT2D eigenvalue weighted by Gasteiger charge is 2.24. The first-order valence-corrected chi connectivity index (χ1v) is 6.39. The van der Waals surface area contributed by atoms with Gasteiger partial charge in [0.1, 0.15) is 5.82 Å². The molecule has 0 saturated carbocycles. The Morgan fingerprint density at radius 1 is 1.37 bits per heavy atom. The number of carboxylic acid groups (broad SMARTS) is 1. The van der Waals surface area contributed by atoms with Gasteiger partial charge in [-0.15, -0.1) is 0 Å². The molecule has 0 unspecified atom stereocenters. The summed E-state index contributed by atoms with van der Waals surface area (Å²) in [6.45, 7) is 1.13. The van der Waals surface area contributed by atoms with Crippen LogP contribution in [0, 0.1) is 5.82 Å². The van der Waals surface area contributed by atoms with Gasteiger partial charge in [0.05, 0.1) is 0 Å². The van der Waals surface area contributed by atoms with E-state index in [4.69, 9.17) is 5.11 Å². The molecule has 2 heterocycles. The molecule has 0 spiro atoms. The van der Waals surface area contributed by atoms with Crippen molar-refractivity contribution in [2.24, 2.45) is 0 Å². The summed E-state index contributed by atoms with van der Waals surface area (Å²) >= 11 is 0. The van der Waals surface area contributed by atoms with E-state index in [0.29, 0.717) is 19.0 Å². The van der Waals surface area contributed by atoms with Crippen LogP contribution in [-0.2, 0) is 0 Å². The number of piperidine rings is 1. The fourth-order valence-electron chi connectivity index (χ4n) is 2.84. The van der Waals surface area contributed by atoms with Crippen LogP contribution < -0.4 is 0 Å². The number of hydrogen-bond acceptors (Lipinski definition) is 1. The molecule has 19 heavy (non-hydrogen) atoms. The van der Waals surface area contributed by atoms with Gasteiger partial charge in [0.25, 0.3) is 0 Å². The molecular weight excluding hydrogens is 247 g/mol. The molecule has 1 aliphatic rings. The minimum atomic E-state index is -0.848. The Kier molecular flexibility index (Phi) is 2.89. The zero-order valence-electron chi connectivity index (χ0n) is 10.4. The molecule has 1 aromatic heterocycles. The number of hydrogen-bond donors (Lipinski definition) is 2. The topological polar surface area (TPSA) is 56.3 Å². The van der Waals surface area contributed by atoms with Crippen molar-refractivity contribution in [3.8, 4) is 0 Å². The van der Waals surface area contributed by atoms with E-state index in [2.05, 4.69) is 4.98 Å². The van der Waals surface area contributed by atoms with Gasteiger partial charge in [0, 0.05) is 30.2 Å². The Hall–Kier alpha value is -2.04. The lowest BCUT2D eigenvalue weighted by Crippen LogP contribution is -2.36. The number of likely N-dealkylation sites (tertiary alicyclic amines) is 1. The van der Waals surface area contributed by atoms with Crippen molar-refractivity contribution in [1.82, 2.24) is 9.88 Å². The number of nitrogens with zero attached hydrogens (tertiary/aromatic N) is 1. The highest BCUT2D eigenvalue weighted by molar-refractivity contribution is 5.83. The third-order valence-electron chi connectivity index (χ3n) is 3.88.